The zero-order valence-corrected chi connectivity index (χ0v) is 9.41. The highest BCUT2D eigenvalue weighted by molar-refractivity contribution is 7.92. The van der Waals surface area contributed by atoms with Gasteiger partial charge in [0.2, 0.25) is 10.0 Å². The minimum atomic E-state index is -3.70. The zero-order valence-electron chi connectivity index (χ0n) is 8.60. The highest BCUT2D eigenvalue weighted by Gasteiger charge is 2.13. The highest BCUT2D eigenvalue weighted by atomic mass is 32.2. The van der Waals surface area contributed by atoms with E-state index in [-0.39, 0.29) is 17.0 Å². The van der Waals surface area contributed by atoms with Crippen molar-refractivity contribution in [1.29, 1.82) is 5.26 Å². The van der Waals surface area contributed by atoms with Crippen molar-refractivity contribution in [1.82, 2.24) is 0 Å². The monoisotopic (exact) mass is 238 g/mol. The number of rotatable bonds is 4. The van der Waals surface area contributed by atoms with Crippen molar-refractivity contribution in [3.05, 3.63) is 29.8 Å². The molecule has 6 heteroatoms. The minimum Gasteiger partial charge on any atom is -0.294 e. The van der Waals surface area contributed by atoms with Crippen molar-refractivity contribution in [2.75, 3.05) is 10.5 Å². The largest absolute Gasteiger partial charge is 0.294 e. The molecule has 1 rings (SSSR count). The number of hydrogen-bond donors (Lipinski definition) is 1. The standard InChI is InChI=1S/C10H10N2O3S/c1-8(13)9-4-2-3-5-10(9)12-16(14,15)7-6-11/h2-5,12H,7H2,1H3. The molecule has 1 aromatic carbocycles. The highest BCUT2D eigenvalue weighted by Crippen LogP contribution is 2.16. The van der Waals surface area contributed by atoms with Gasteiger partial charge < -0.3 is 0 Å². The summed E-state index contributed by atoms with van der Waals surface area (Å²) in [6.07, 6.45) is 0. The van der Waals surface area contributed by atoms with Crippen LogP contribution in [0.25, 0.3) is 0 Å². The van der Waals surface area contributed by atoms with E-state index in [2.05, 4.69) is 4.72 Å². The molecule has 0 aromatic heterocycles. The summed E-state index contributed by atoms with van der Waals surface area (Å²) in [4.78, 5) is 11.2. The molecule has 1 aromatic rings. The van der Waals surface area contributed by atoms with Crippen LogP contribution >= 0.6 is 0 Å². The molecule has 0 aliphatic heterocycles. The number of benzene rings is 1. The number of nitriles is 1. The van der Waals surface area contributed by atoms with Crippen LogP contribution in [0.1, 0.15) is 17.3 Å². The molecular formula is C10H10N2O3S. The van der Waals surface area contributed by atoms with Gasteiger partial charge in [0.1, 0.15) is 0 Å². The first-order valence-corrected chi connectivity index (χ1v) is 6.09. The lowest BCUT2D eigenvalue weighted by molar-refractivity contribution is 0.101. The van der Waals surface area contributed by atoms with Crippen LogP contribution in [0, 0.1) is 11.3 Å². The smallest absolute Gasteiger partial charge is 0.246 e. The van der Waals surface area contributed by atoms with Crippen LogP contribution in [-0.2, 0) is 10.0 Å². The van der Waals surface area contributed by atoms with Crippen LogP contribution in [0.5, 0.6) is 0 Å². The van der Waals surface area contributed by atoms with Gasteiger partial charge in [-0.25, -0.2) is 8.42 Å². The molecule has 0 amide bonds. The number of Topliss-reactive ketones (excluding diaryl/α,β-unsaturated/α-hetero) is 1. The second-order valence-corrected chi connectivity index (χ2v) is 4.84. The number of para-hydroxylation sites is 1. The van der Waals surface area contributed by atoms with Gasteiger partial charge in [0.25, 0.3) is 0 Å². The third-order valence-corrected chi connectivity index (χ3v) is 2.87. The molecule has 84 valence electrons. The van der Waals surface area contributed by atoms with Crippen LogP contribution in [-0.4, -0.2) is 20.0 Å². The van der Waals surface area contributed by atoms with E-state index in [1.54, 1.807) is 18.2 Å². The van der Waals surface area contributed by atoms with Crippen LogP contribution < -0.4 is 4.72 Å². The quantitative estimate of drug-likeness (QED) is 0.797. The fourth-order valence-electron chi connectivity index (χ4n) is 1.17. The summed E-state index contributed by atoms with van der Waals surface area (Å²) in [6, 6.07) is 7.79. The predicted molar refractivity (Wildman–Crippen MR) is 59.5 cm³/mol. The first-order valence-electron chi connectivity index (χ1n) is 4.43. The van der Waals surface area contributed by atoms with Crippen LogP contribution in [0.4, 0.5) is 5.69 Å². The first-order chi connectivity index (χ1) is 7.46. The molecule has 0 radical (unpaired) electrons. The number of ketones is 1. The normalized spacial score (nSPS) is 10.5. The Hall–Kier alpha value is -1.87. The summed E-state index contributed by atoms with van der Waals surface area (Å²) in [7, 11) is -3.70. The van der Waals surface area contributed by atoms with Gasteiger partial charge in [0, 0.05) is 5.56 Å². The summed E-state index contributed by atoms with van der Waals surface area (Å²) >= 11 is 0. The Morgan fingerprint density at radius 3 is 2.62 bits per heavy atom. The topological polar surface area (TPSA) is 87.0 Å². The molecular weight excluding hydrogens is 228 g/mol. The number of carbonyl (C=O) groups excluding carboxylic acids is 1. The predicted octanol–water partition coefficient (Wildman–Crippen LogP) is 1.15. The van der Waals surface area contributed by atoms with E-state index in [1.165, 1.54) is 19.1 Å². The molecule has 0 aliphatic rings. The second kappa shape index (κ2) is 4.77. The van der Waals surface area contributed by atoms with Gasteiger partial charge in [-0.15, -0.1) is 0 Å². The molecule has 0 spiro atoms. The fourth-order valence-corrected chi connectivity index (χ4v) is 1.92. The van der Waals surface area contributed by atoms with Crippen LogP contribution in [0.15, 0.2) is 24.3 Å². The van der Waals surface area contributed by atoms with Gasteiger partial charge >= 0.3 is 0 Å². The van der Waals surface area contributed by atoms with Gasteiger partial charge in [-0.3, -0.25) is 9.52 Å². The average molecular weight is 238 g/mol. The SMILES string of the molecule is CC(=O)c1ccccc1NS(=O)(=O)CC#N. The fraction of sp³-hybridized carbons (Fsp3) is 0.200. The summed E-state index contributed by atoms with van der Waals surface area (Å²) in [6.45, 7) is 1.34. The number of anilines is 1. The lowest BCUT2D eigenvalue weighted by atomic mass is 10.1. The summed E-state index contributed by atoms with van der Waals surface area (Å²) < 4.78 is 24.9. The molecule has 5 nitrogen and oxygen atoms in total. The van der Waals surface area contributed by atoms with Crippen molar-refractivity contribution in [2.45, 2.75) is 6.92 Å². The Balaban J connectivity index is 3.08. The molecule has 0 fully saturated rings. The summed E-state index contributed by atoms with van der Waals surface area (Å²) in [5.41, 5.74) is 0.481. The number of carbonyl (C=O) groups is 1. The number of nitrogens with zero attached hydrogens (tertiary/aromatic N) is 1. The molecule has 0 atom stereocenters. The maximum Gasteiger partial charge on any atom is 0.246 e. The van der Waals surface area contributed by atoms with E-state index in [9.17, 15) is 13.2 Å². The Labute approximate surface area is 93.8 Å². The van der Waals surface area contributed by atoms with E-state index in [0.717, 1.165) is 0 Å². The number of sulfonamides is 1. The summed E-state index contributed by atoms with van der Waals surface area (Å²) in [5.74, 6) is -0.880. The Morgan fingerprint density at radius 2 is 2.06 bits per heavy atom. The maximum atomic E-state index is 11.3. The van der Waals surface area contributed by atoms with E-state index < -0.39 is 15.8 Å². The minimum absolute atomic E-state index is 0.199. The summed E-state index contributed by atoms with van der Waals surface area (Å²) in [5, 5.41) is 8.32. The number of nitrogens with one attached hydrogen (secondary N) is 1. The van der Waals surface area contributed by atoms with Gasteiger partial charge in [0.05, 0.1) is 11.8 Å². The van der Waals surface area contributed by atoms with Crippen LogP contribution in [0.2, 0.25) is 0 Å². The molecule has 0 bridgehead atoms. The van der Waals surface area contributed by atoms with Gasteiger partial charge in [-0.05, 0) is 19.1 Å². The van der Waals surface area contributed by atoms with Gasteiger partial charge in [0.15, 0.2) is 11.5 Å². The first kappa shape index (κ1) is 12.2. The lowest BCUT2D eigenvalue weighted by Crippen LogP contribution is -2.17. The van der Waals surface area contributed by atoms with Crippen molar-refractivity contribution in [3.63, 3.8) is 0 Å². The lowest BCUT2D eigenvalue weighted by Gasteiger charge is -2.08. The van der Waals surface area contributed by atoms with Gasteiger partial charge in [-0.2, -0.15) is 5.26 Å². The van der Waals surface area contributed by atoms with E-state index in [4.69, 9.17) is 5.26 Å². The Bertz CT molecular complexity index is 543. The molecule has 1 N–H and O–H groups in total. The number of hydrogen-bond acceptors (Lipinski definition) is 4. The van der Waals surface area contributed by atoms with E-state index >= 15 is 0 Å². The second-order valence-electron chi connectivity index (χ2n) is 3.12. The molecule has 0 saturated carbocycles. The van der Waals surface area contributed by atoms with Crippen molar-refractivity contribution < 1.29 is 13.2 Å². The zero-order chi connectivity index (χ0) is 12.2. The van der Waals surface area contributed by atoms with E-state index in [1.807, 2.05) is 0 Å². The van der Waals surface area contributed by atoms with Crippen molar-refractivity contribution in [3.8, 4) is 6.07 Å². The van der Waals surface area contributed by atoms with Crippen molar-refractivity contribution in [2.24, 2.45) is 0 Å². The molecule has 16 heavy (non-hydrogen) atoms. The van der Waals surface area contributed by atoms with E-state index in [0.29, 0.717) is 0 Å². The third-order valence-electron chi connectivity index (χ3n) is 1.83. The molecule has 0 unspecified atom stereocenters. The van der Waals surface area contributed by atoms with Crippen molar-refractivity contribution >= 4 is 21.5 Å². The Kier molecular flexibility index (Phi) is 3.64. The average Bonchev–Trinajstić information content (AvgIpc) is 2.17. The molecule has 0 heterocycles. The third kappa shape index (κ3) is 3.07. The molecule has 0 saturated heterocycles. The Morgan fingerprint density at radius 1 is 1.44 bits per heavy atom. The van der Waals surface area contributed by atoms with Gasteiger partial charge in [-0.1, -0.05) is 12.1 Å². The van der Waals surface area contributed by atoms with Crippen LogP contribution in [0.3, 0.4) is 0 Å². The maximum absolute atomic E-state index is 11.3. The molecule has 0 aliphatic carbocycles.